The molecule has 1 aromatic carbocycles. The zero-order chi connectivity index (χ0) is 21.5. The summed E-state index contributed by atoms with van der Waals surface area (Å²) in [7, 11) is 1.88. The Bertz CT molecular complexity index is 972. The van der Waals surface area contributed by atoms with Crippen molar-refractivity contribution in [3.05, 3.63) is 48.3 Å². The van der Waals surface area contributed by atoms with E-state index in [-0.39, 0.29) is 18.1 Å². The monoisotopic (exact) mass is 425 g/mol. The normalized spacial score (nSPS) is 27.9. The molecule has 3 fully saturated rings. The van der Waals surface area contributed by atoms with Crippen LogP contribution in [0.15, 0.2) is 42.6 Å². The summed E-state index contributed by atoms with van der Waals surface area (Å²) in [6, 6.07) is 11.0. The second-order valence-electron chi connectivity index (χ2n) is 8.69. The molecule has 4 atom stereocenters. The molecule has 5 rings (SSSR count). The van der Waals surface area contributed by atoms with E-state index < -0.39 is 6.10 Å². The van der Waals surface area contributed by atoms with Crippen LogP contribution in [0.25, 0.3) is 0 Å². The molecule has 0 radical (unpaired) electrons. The number of likely N-dealkylation sites (tertiary alicyclic amines) is 1. The molecule has 2 aliphatic heterocycles. The van der Waals surface area contributed by atoms with E-state index in [1.165, 1.54) is 0 Å². The van der Waals surface area contributed by atoms with Crippen LogP contribution >= 0.6 is 0 Å². The maximum Gasteiger partial charge on any atom is 0.414 e. The number of carbonyl (C=O) groups excluding carboxylic acids is 2. The summed E-state index contributed by atoms with van der Waals surface area (Å²) in [5.74, 6) is 1.32. The highest BCUT2D eigenvalue weighted by atomic mass is 16.6. The van der Waals surface area contributed by atoms with Crippen molar-refractivity contribution in [2.24, 2.45) is 18.9 Å². The number of benzene rings is 1. The SMILES string of the molecule is Cn1cccc1C(=O)N1C[C@H]2C[C@@H](Oc3ccc(N4CCOC4=O)cc3)[C@H](O)C[C@H]2C1. The lowest BCUT2D eigenvalue weighted by Crippen LogP contribution is -2.42. The second-order valence-corrected chi connectivity index (χ2v) is 8.69. The number of ether oxygens (including phenoxy) is 2. The van der Waals surface area contributed by atoms with Crippen molar-refractivity contribution in [3.8, 4) is 5.75 Å². The van der Waals surface area contributed by atoms with E-state index in [2.05, 4.69) is 0 Å². The maximum atomic E-state index is 12.9. The molecule has 2 amide bonds. The van der Waals surface area contributed by atoms with E-state index in [1.54, 1.807) is 4.90 Å². The van der Waals surface area contributed by atoms with Crippen molar-refractivity contribution < 1.29 is 24.2 Å². The van der Waals surface area contributed by atoms with Crippen LogP contribution in [0.4, 0.5) is 10.5 Å². The number of aliphatic hydroxyl groups is 1. The standard InChI is InChI=1S/C23H27N3O5/c1-24-8-2-3-19(24)22(28)25-13-15-11-20(27)21(12-16(15)14-25)31-18-6-4-17(5-7-18)26-9-10-30-23(26)29/h2-8,15-16,20-21,27H,9-14H2,1H3/t15-,16+,20+,21+/m0/s1. The maximum absolute atomic E-state index is 12.9. The molecule has 0 bridgehead atoms. The van der Waals surface area contributed by atoms with Crippen LogP contribution in [0.5, 0.6) is 5.75 Å². The highest BCUT2D eigenvalue weighted by Gasteiger charge is 2.44. The first kappa shape index (κ1) is 19.9. The van der Waals surface area contributed by atoms with Gasteiger partial charge in [0.1, 0.15) is 24.2 Å². The molecule has 164 valence electrons. The number of hydrogen-bond acceptors (Lipinski definition) is 5. The number of hydrogen-bond donors (Lipinski definition) is 1. The van der Waals surface area contributed by atoms with Crippen LogP contribution in [0.1, 0.15) is 23.3 Å². The Labute approximate surface area is 180 Å². The molecule has 3 heterocycles. The molecule has 8 nitrogen and oxygen atoms in total. The topological polar surface area (TPSA) is 84.2 Å². The lowest BCUT2D eigenvalue weighted by Gasteiger charge is -2.35. The van der Waals surface area contributed by atoms with Crippen molar-refractivity contribution in [2.45, 2.75) is 25.0 Å². The number of carbonyl (C=O) groups is 2. The van der Waals surface area contributed by atoms with Gasteiger partial charge in [0.15, 0.2) is 0 Å². The third-order valence-electron chi connectivity index (χ3n) is 6.73. The molecule has 1 aromatic heterocycles. The predicted octanol–water partition coefficient (Wildman–Crippen LogP) is 2.27. The van der Waals surface area contributed by atoms with E-state index in [1.807, 2.05) is 59.1 Å². The number of anilines is 1. The second kappa shape index (κ2) is 7.92. The van der Waals surface area contributed by atoms with E-state index in [9.17, 15) is 14.7 Å². The Balaban J connectivity index is 1.22. The summed E-state index contributed by atoms with van der Waals surface area (Å²) in [6.45, 7) is 2.31. The van der Waals surface area contributed by atoms with Gasteiger partial charge in [0.2, 0.25) is 0 Å². The fraction of sp³-hybridized carbons (Fsp3) is 0.478. The third-order valence-corrected chi connectivity index (χ3v) is 6.73. The van der Waals surface area contributed by atoms with Gasteiger partial charge in [-0.3, -0.25) is 9.69 Å². The molecule has 0 spiro atoms. The lowest BCUT2D eigenvalue weighted by molar-refractivity contribution is -0.0231. The molecule has 2 saturated heterocycles. The molecular weight excluding hydrogens is 398 g/mol. The van der Waals surface area contributed by atoms with E-state index in [0.717, 1.165) is 5.69 Å². The van der Waals surface area contributed by atoms with Gasteiger partial charge in [0.25, 0.3) is 5.91 Å². The number of amides is 2. The zero-order valence-corrected chi connectivity index (χ0v) is 17.5. The van der Waals surface area contributed by atoms with E-state index >= 15 is 0 Å². The van der Waals surface area contributed by atoms with Gasteiger partial charge in [-0.2, -0.15) is 0 Å². The molecule has 2 aromatic rings. The largest absolute Gasteiger partial charge is 0.488 e. The number of fused-ring (bicyclic) bond motifs is 1. The van der Waals surface area contributed by atoms with Crippen LogP contribution in [-0.2, 0) is 11.8 Å². The molecule has 1 saturated carbocycles. The van der Waals surface area contributed by atoms with Crippen LogP contribution < -0.4 is 9.64 Å². The first-order valence-corrected chi connectivity index (χ1v) is 10.8. The summed E-state index contributed by atoms with van der Waals surface area (Å²) in [4.78, 5) is 28.1. The highest BCUT2D eigenvalue weighted by Crippen LogP contribution is 2.38. The van der Waals surface area contributed by atoms with Crippen molar-refractivity contribution in [1.29, 1.82) is 0 Å². The third kappa shape index (κ3) is 3.76. The van der Waals surface area contributed by atoms with Crippen molar-refractivity contribution in [3.63, 3.8) is 0 Å². The molecule has 0 unspecified atom stereocenters. The number of cyclic esters (lactones) is 1. The Kier molecular flexibility index (Phi) is 5.09. The number of aryl methyl sites for hydroxylation is 1. The van der Waals surface area contributed by atoms with Crippen LogP contribution in [0.2, 0.25) is 0 Å². The molecule has 3 aliphatic rings. The first-order valence-electron chi connectivity index (χ1n) is 10.8. The van der Waals surface area contributed by atoms with Crippen LogP contribution in [0.3, 0.4) is 0 Å². The van der Waals surface area contributed by atoms with Crippen molar-refractivity contribution in [1.82, 2.24) is 9.47 Å². The molecule has 8 heteroatoms. The summed E-state index contributed by atoms with van der Waals surface area (Å²) in [5, 5.41) is 10.7. The summed E-state index contributed by atoms with van der Waals surface area (Å²) in [6.07, 6.45) is 2.00. The van der Waals surface area contributed by atoms with Gasteiger partial charge in [-0.25, -0.2) is 4.79 Å². The van der Waals surface area contributed by atoms with E-state index in [4.69, 9.17) is 9.47 Å². The molecule has 31 heavy (non-hydrogen) atoms. The average molecular weight is 425 g/mol. The summed E-state index contributed by atoms with van der Waals surface area (Å²) < 4.78 is 12.9. The lowest BCUT2D eigenvalue weighted by atomic mass is 9.78. The van der Waals surface area contributed by atoms with Gasteiger partial charge < -0.3 is 24.0 Å². The number of aromatic nitrogens is 1. The Morgan fingerprint density at radius 1 is 1.13 bits per heavy atom. The fourth-order valence-electron chi connectivity index (χ4n) is 5.04. The summed E-state index contributed by atoms with van der Waals surface area (Å²) in [5.41, 5.74) is 1.46. The minimum absolute atomic E-state index is 0.0462. The van der Waals surface area contributed by atoms with Gasteiger partial charge in [-0.15, -0.1) is 0 Å². The number of aliphatic hydroxyl groups excluding tert-OH is 1. The van der Waals surface area contributed by atoms with Gasteiger partial charge in [-0.1, -0.05) is 0 Å². The van der Waals surface area contributed by atoms with Crippen LogP contribution in [-0.4, -0.2) is 65.0 Å². The van der Waals surface area contributed by atoms with Gasteiger partial charge >= 0.3 is 6.09 Å². The van der Waals surface area contributed by atoms with Gasteiger partial charge in [-0.05, 0) is 61.1 Å². The number of rotatable bonds is 4. The van der Waals surface area contributed by atoms with Gasteiger partial charge in [0.05, 0.1) is 12.6 Å². The summed E-state index contributed by atoms with van der Waals surface area (Å²) >= 11 is 0. The predicted molar refractivity (Wildman–Crippen MR) is 113 cm³/mol. The minimum Gasteiger partial charge on any atom is -0.488 e. The molecule has 1 N–H and O–H groups in total. The van der Waals surface area contributed by atoms with Gasteiger partial charge in [0, 0.05) is 32.0 Å². The Morgan fingerprint density at radius 3 is 2.52 bits per heavy atom. The fourth-order valence-corrected chi connectivity index (χ4v) is 5.04. The first-order chi connectivity index (χ1) is 15.0. The highest BCUT2D eigenvalue weighted by molar-refractivity contribution is 5.93. The molecular formula is C23H27N3O5. The zero-order valence-electron chi connectivity index (χ0n) is 17.5. The Hall–Kier alpha value is -3.00. The number of nitrogens with zero attached hydrogens (tertiary/aromatic N) is 3. The molecule has 1 aliphatic carbocycles. The van der Waals surface area contributed by atoms with Crippen molar-refractivity contribution in [2.75, 3.05) is 31.1 Å². The van der Waals surface area contributed by atoms with Crippen molar-refractivity contribution >= 4 is 17.7 Å². The quantitative estimate of drug-likeness (QED) is 0.813. The minimum atomic E-state index is -0.570. The smallest absolute Gasteiger partial charge is 0.414 e. The average Bonchev–Trinajstić information content (AvgIpc) is 3.48. The van der Waals surface area contributed by atoms with E-state index in [0.29, 0.717) is 62.4 Å². The van der Waals surface area contributed by atoms with Crippen LogP contribution in [0, 0.1) is 11.8 Å². The Morgan fingerprint density at radius 2 is 1.87 bits per heavy atom.